The van der Waals surface area contributed by atoms with Crippen LogP contribution in [0.15, 0.2) is 24.3 Å². The molecule has 1 aromatic carbocycles. The number of rotatable bonds is 8. The van der Waals surface area contributed by atoms with Crippen LogP contribution in [-0.4, -0.2) is 122 Å². The second kappa shape index (κ2) is 22.5. The van der Waals surface area contributed by atoms with Crippen molar-refractivity contribution in [3.8, 4) is 0 Å². The summed E-state index contributed by atoms with van der Waals surface area (Å²) in [6.07, 6.45) is -5.17. The maximum atomic E-state index is 12.4. The third-order valence-corrected chi connectivity index (χ3v) is 11.2. The van der Waals surface area contributed by atoms with Crippen LogP contribution in [-0.2, 0) is 87.6 Å². The van der Waals surface area contributed by atoms with Gasteiger partial charge in [-0.15, -0.1) is 23.5 Å². The summed E-state index contributed by atoms with van der Waals surface area (Å²) in [6.45, 7) is 7.56. The molecule has 1 aromatic rings. The van der Waals surface area contributed by atoms with Gasteiger partial charge in [0.1, 0.15) is 48.5 Å². The summed E-state index contributed by atoms with van der Waals surface area (Å²) >= 11 is 2.72. The molecule has 4 heterocycles. The van der Waals surface area contributed by atoms with Crippen LogP contribution in [0.1, 0.15) is 78.4 Å². The van der Waals surface area contributed by atoms with Gasteiger partial charge in [-0.05, 0) is 24.0 Å². The van der Waals surface area contributed by atoms with Crippen molar-refractivity contribution in [1.29, 1.82) is 0 Å². The Hall–Kier alpha value is -3.42. The van der Waals surface area contributed by atoms with Crippen molar-refractivity contribution in [3.63, 3.8) is 0 Å². The first-order valence-corrected chi connectivity index (χ1v) is 20.6. The van der Waals surface area contributed by atoms with E-state index in [0.29, 0.717) is 37.2 Å². The number of hydrogen-bond donors (Lipinski definition) is 0. The predicted octanol–water partition coefficient (Wildman–Crippen LogP) is 3.80. The molecule has 312 valence electrons. The average Bonchev–Trinajstić information content (AvgIpc) is 3.11. The minimum absolute atomic E-state index is 0.208. The number of fused-ring (bicyclic) bond motifs is 11. The molecule has 5 rings (SSSR count). The summed E-state index contributed by atoms with van der Waals surface area (Å²) in [6, 6.07) is 7.73. The van der Waals surface area contributed by atoms with Crippen molar-refractivity contribution >= 4 is 59.3 Å². The number of thioether (sulfide) groups is 2. The molecule has 4 aliphatic heterocycles. The SMILES string of the molecule is CC(=O)OC[C@H]1O[C@H]2SCc3ccc(cc3)CS[C@@H]3O[C@H](COC(C)=O)[C@@H](OC(C)=O)[C@H](OCCCCCCO[C@H]([C@H]2OC(C)=O)[C@@H]1OC(C)=O)[C@H]3OC(C)=O. The Morgan fingerprint density at radius 1 is 0.518 bits per heavy atom. The van der Waals surface area contributed by atoms with Crippen molar-refractivity contribution in [2.75, 3.05) is 26.4 Å². The molecule has 0 unspecified atom stereocenters. The number of ether oxygens (including phenoxy) is 10. The smallest absolute Gasteiger partial charge is 0.303 e. The Morgan fingerprint density at radius 2 is 0.857 bits per heavy atom. The molecule has 10 atom stereocenters. The van der Waals surface area contributed by atoms with E-state index in [2.05, 4.69) is 0 Å². The van der Waals surface area contributed by atoms with Crippen LogP contribution in [0.5, 0.6) is 0 Å². The van der Waals surface area contributed by atoms with Crippen molar-refractivity contribution in [2.45, 2.75) is 138 Å². The van der Waals surface area contributed by atoms with Gasteiger partial charge in [0.2, 0.25) is 0 Å². The lowest BCUT2D eigenvalue weighted by molar-refractivity contribution is -0.240. The first kappa shape index (κ1) is 45.3. The highest BCUT2D eigenvalue weighted by atomic mass is 32.2. The lowest BCUT2D eigenvalue weighted by atomic mass is 9.99. The quantitative estimate of drug-likeness (QED) is 0.271. The van der Waals surface area contributed by atoms with Crippen LogP contribution >= 0.6 is 23.5 Å². The molecular formula is C38H52O16S2. The van der Waals surface area contributed by atoms with Gasteiger partial charge in [-0.25, -0.2) is 0 Å². The Morgan fingerprint density at radius 3 is 1.18 bits per heavy atom. The van der Waals surface area contributed by atoms with Gasteiger partial charge < -0.3 is 47.4 Å². The van der Waals surface area contributed by atoms with Gasteiger partial charge in [0.15, 0.2) is 24.4 Å². The van der Waals surface area contributed by atoms with Gasteiger partial charge in [-0.3, -0.25) is 28.8 Å². The van der Waals surface area contributed by atoms with E-state index >= 15 is 0 Å². The number of hydrogen-bond acceptors (Lipinski definition) is 18. The summed E-state index contributed by atoms with van der Waals surface area (Å²) in [4.78, 5) is 72.9. The van der Waals surface area contributed by atoms with Crippen LogP contribution in [0.4, 0.5) is 0 Å². The van der Waals surface area contributed by atoms with Crippen molar-refractivity contribution in [2.24, 2.45) is 0 Å². The van der Waals surface area contributed by atoms with Crippen molar-refractivity contribution in [1.82, 2.24) is 0 Å². The predicted molar refractivity (Wildman–Crippen MR) is 200 cm³/mol. The molecule has 2 fully saturated rings. The maximum absolute atomic E-state index is 12.4. The highest BCUT2D eigenvalue weighted by Crippen LogP contribution is 2.38. The van der Waals surface area contributed by atoms with Gasteiger partial charge in [-0.1, -0.05) is 37.1 Å². The van der Waals surface area contributed by atoms with Crippen molar-refractivity contribution < 1.29 is 76.1 Å². The first-order chi connectivity index (χ1) is 26.7. The Kier molecular flexibility index (Phi) is 18.2. The second-order valence-corrected chi connectivity index (χ2v) is 15.7. The molecule has 4 aliphatic rings. The highest BCUT2D eigenvalue weighted by molar-refractivity contribution is 7.99. The molecule has 0 spiro atoms. The van der Waals surface area contributed by atoms with E-state index in [1.54, 1.807) is 0 Å². The van der Waals surface area contributed by atoms with E-state index < -0.39 is 95.5 Å². The summed E-state index contributed by atoms with van der Waals surface area (Å²) < 4.78 is 58.9. The van der Waals surface area contributed by atoms with Crippen LogP contribution in [0.2, 0.25) is 0 Å². The van der Waals surface area contributed by atoms with E-state index in [-0.39, 0.29) is 26.4 Å². The van der Waals surface area contributed by atoms with Crippen LogP contribution in [0.3, 0.4) is 0 Å². The Labute approximate surface area is 334 Å². The zero-order chi connectivity index (χ0) is 40.8. The summed E-state index contributed by atoms with van der Waals surface area (Å²) in [5.41, 5.74) is 0.287. The fourth-order valence-corrected chi connectivity index (χ4v) is 8.80. The van der Waals surface area contributed by atoms with E-state index in [1.807, 2.05) is 24.3 Å². The van der Waals surface area contributed by atoms with Gasteiger partial charge in [0.05, 0.1) is 0 Å². The lowest BCUT2D eigenvalue weighted by Gasteiger charge is -2.45. The third kappa shape index (κ3) is 14.2. The molecule has 0 radical (unpaired) electrons. The number of carbonyl (C=O) groups is 6. The largest absolute Gasteiger partial charge is 0.463 e. The minimum atomic E-state index is -1.05. The fourth-order valence-electron chi connectivity index (χ4n) is 6.46. The number of carbonyl (C=O) groups excluding carboxylic acids is 6. The Balaban J connectivity index is 1.64. The average molecular weight is 829 g/mol. The molecule has 18 heteroatoms. The lowest BCUT2D eigenvalue weighted by Crippen LogP contribution is -2.61. The molecule has 16 nitrogen and oxygen atoms in total. The first-order valence-electron chi connectivity index (χ1n) is 18.5. The number of esters is 6. The third-order valence-electron chi connectivity index (χ3n) is 8.80. The molecule has 56 heavy (non-hydrogen) atoms. The standard InChI is InChI=1S/C38H52O16S2/c1-21(39)47-17-29-31(49-23(3)41)33-35(51-25(5)43)37(53-29)55-19-27-11-13-28(14-12-27)20-56-38-36(52-26(6)44)34(46-16-10-8-7-9-15-45-33)32(50-24(4)42)30(54-38)18-48-22(2)40/h11-14,29-38H,7-10,15-20H2,1-6H3/t29-,30-,31-,32-,33+,34+,35-,36-,37+,38+/m1/s1. The molecule has 0 saturated carbocycles. The summed E-state index contributed by atoms with van der Waals surface area (Å²) in [5, 5.41) is 0. The Bertz CT molecular complexity index is 1380. The number of benzene rings is 1. The normalized spacial score (nSPS) is 30.2. The molecule has 6 bridgehead atoms. The van der Waals surface area contributed by atoms with Gasteiger partial charge in [-0.2, -0.15) is 0 Å². The van der Waals surface area contributed by atoms with Crippen LogP contribution in [0.25, 0.3) is 0 Å². The zero-order valence-corrected chi connectivity index (χ0v) is 34.1. The molecular weight excluding hydrogens is 777 g/mol. The topological polar surface area (TPSA) is 195 Å². The van der Waals surface area contributed by atoms with E-state index in [9.17, 15) is 28.8 Å². The molecule has 0 N–H and O–H groups in total. The van der Waals surface area contributed by atoms with E-state index in [0.717, 1.165) is 11.1 Å². The zero-order valence-electron chi connectivity index (χ0n) is 32.5. The van der Waals surface area contributed by atoms with Crippen molar-refractivity contribution in [3.05, 3.63) is 35.4 Å². The monoisotopic (exact) mass is 828 g/mol. The minimum Gasteiger partial charge on any atom is -0.463 e. The van der Waals surface area contributed by atoms with Crippen LogP contribution in [0, 0.1) is 0 Å². The van der Waals surface area contributed by atoms with Crippen LogP contribution < -0.4 is 0 Å². The second-order valence-electron chi connectivity index (χ2n) is 13.5. The molecule has 2 saturated heterocycles. The van der Waals surface area contributed by atoms with Gasteiger partial charge >= 0.3 is 35.8 Å². The molecule has 0 aliphatic carbocycles. The summed E-state index contributed by atoms with van der Waals surface area (Å²) in [7, 11) is 0. The van der Waals surface area contributed by atoms with Gasteiger partial charge in [0, 0.05) is 66.3 Å². The highest BCUT2D eigenvalue weighted by Gasteiger charge is 2.52. The van der Waals surface area contributed by atoms with E-state index in [1.165, 1.54) is 65.1 Å². The fraction of sp³-hybridized carbons (Fsp3) is 0.684. The molecule has 0 aromatic heterocycles. The summed E-state index contributed by atoms with van der Waals surface area (Å²) in [5.74, 6) is -2.59. The maximum Gasteiger partial charge on any atom is 0.303 e. The van der Waals surface area contributed by atoms with Gasteiger partial charge in [0.25, 0.3) is 0 Å². The molecule has 0 amide bonds. The van der Waals surface area contributed by atoms with E-state index in [4.69, 9.17) is 47.4 Å².